The molecule has 0 aliphatic rings. The second-order valence-electron chi connectivity index (χ2n) is 5.41. The van der Waals surface area contributed by atoms with Crippen LogP contribution in [0.5, 0.6) is 0 Å². The number of rotatable bonds is 7. The lowest BCUT2D eigenvalue weighted by atomic mass is 9.81. The van der Waals surface area contributed by atoms with Gasteiger partial charge in [-0.15, -0.1) is 0 Å². The van der Waals surface area contributed by atoms with Crippen LogP contribution in [0.4, 0.5) is 10.1 Å². The molecule has 8 heteroatoms. The van der Waals surface area contributed by atoms with E-state index in [1.807, 2.05) is 0 Å². The van der Waals surface area contributed by atoms with Gasteiger partial charge >= 0.3 is 11.9 Å². The third-order valence-corrected chi connectivity index (χ3v) is 3.85. The molecule has 2 aromatic carbocycles. The summed E-state index contributed by atoms with van der Waals surface area (Å²) in [6.45, 7) is 0. The molecule has 25 heavy (non-hydrogen) atoms. The Morgan fingerprint density at radius 1 is 1.08 bits per heavy atom. The van der Waals surface area contributed by atoms with Crippen molar-refractivity contribution in [3.8, 4) is 0 Å². The maximum absolute atomic E-state index is 13.3. The minimum Gasteiger partial charge on any atom is -0.481 e. The summed E-state index contributed by atoms with van der Waals surface area (Å²) in [6.07, 6.45) is -0.232. The minimum atomic E-state index is -1.80. The lowest BCUT2D eigenvalue weighted by Crippen LogP contribution is -2.31. The highest BCUT2D eigenvalue weighted by atomic mass is 19.1. The largest absolute Gasteiger partial charge is 0.481 e. The molecule has 0 amide bonds. The Balaban J connectivity index is 2.53. The van der Waals surface area contributed by atoms with Crippen LogP contribution in [0.25, 0.3) is 0 Å². The summed E-state index contributed by atoms with van der Waals surface area (Å²) >= 11 is 0. The first kappa shape index (κ1) is 18.1. The number of carbonyl (C=O) groups is 2. The van der Waals surface area contributed by atoms with E-state index >= 15 is 0 Å². The summed E-state index contributed by atoms with van der Waals surface area (Å²) in [5.74, 6) is -6.76. The molecule has 2 rings (SSSR count). The first-order valence-electron chi connectivity index (χ1n) is 7.24. The standard InChI is InChI=1S/C17H14FNO6/c18-12-7-6-11(14(9-12)19(24)25)8-13(10-4-2-1-3-5-10)15(16(20)21)17(22)23/h1-7,9,13,15H,8H2,(H,20,21)(H,22,23). The fourth-order valence-electron chi connectivity index (χ4n) is 2.69. The predicted molar refractivity (Wildman–Crippen MR) is 84.7 cm³/mol. The number of benzene rings is 2. The van der Waals surface area contributed by atoms with Gasteiger partial charge in [0.2, 0.25) is 0 Å². The average Bonchev–Trinajstić information content (AvgIpc) is 2.55. The van der Waals surface area contributed by atoms with Crippen molar-refractivity contribution < 1.29 is 29.1 Å². The Hall–Kier alpha value is -3.29. The molecule has 2 aromatic rings. The van der Waals surface area contributed by atoms with Gasteiger partial charge in [0.25, 0.3) is 5.69 Å². The van der Waals surface area contributed by atoms with Crippen LogP contribution in [0.15, 0.2) is 48.5 Å². The second kappa shape index (κ2) is 7.52. The summed E-state index contributed by atoms with van der Waals surface area (Å²) in [4.78, 5) is 33.2. The van der Waals surface area contributed by atoms with E-state index in [-0.39, 0.29) is 12.0 Å². The molecule has 0 heterocycles. The molecule has 0 spiro atoms. The van der Waals surface area contributed by atoms with Gasteiger partial charge in [-0.3, -0.25) is 19.7 Å². The monoisotopic (exact) mass is 347 g/mol. The van der Waals surface area contributed by atoms with Crippen LogP contribution in [-0.4, -0.2) is 27.1 Å². The second-order valence-corrected chi connectivity index (χ2v) is 5.41. The summed E-state index contributed by atoms with van der Waals surface area (Å²) in [5.41, 5.74) is -0.0425. The molecule has 1 unspecified atom stereocenters. The number of hydrogen-bond acceptors (Lipinski definition) is 4. The highest BCUT2D eigenvalue weighted by Crippen LogP contribution is 2.33. The highest BCUT2D eigenvalue weighted by molar-refractivity contribution is 5.94. The van der Waals surface area contributed by atoms with Crippen molar-refractivity contribution in [1.29, 1.82) is 0 Å². The molecule has 0 aliphatic heterocycles. The molecule has 2 N–H and O–H groups in total. The van der Waals surface area contributed by atoms with E-state index < -0.39 is 40.2 Å². The molecule has 7 nitrogen and oxygen atoms in total. The molecule has 1 atom stereocenters. The van der Waals surface area contributed by atoms with E-state index in [1.165, 1.54) is 6.07 Å². The summed E-state index contributed by atoms with van der Waals surface area (Å²) < 4.78 is 13.3. The fraction of sp³-hybridized carbons (Fsp3) is 0.176. The number of aliphatic carboxylic acids is 2. The molecule has 130 valence electrons. The molecule has 0 bridgehead atoms. The highest BCUT2D eigenvalue weighted by Gasteiger charge is 2.37. The van der Waals surface area contributed by atoms with E-state index in [2.05, 4.69) is 0 Å². The first-order valence-corrected chi connectivity index (χ1v) is 7.24. The SMILES string of the molecule is O=C(O)C(C(=O)O)C(Cc1ccc(F)cc1[N+](=O)[O-])c1ccccc1. The van der Waals surface area contributed by atoms with Gasteiger partial charge in [0, 0.05) is 11.5 Å². The van der Waals surface area contributed by atoms with Crippen LogP contribution < -0.4 is 0 Å². The van der Waals surface area contributed by atoms with Gasteiger partial charge in [0.1, 0.15) is 5.82 Å². The lowest BCUT2D eigenvalue weighted by molar-refractivity contribution is -0.385. The molecular weight excluding hydrogens is 333 g/mol. The Morgan fingerprint density at radius 2 is 1.68 bits per heavy atom. The van der Waals surface area contributed by atoms with Gasteiger partial charge in [-0.05, 0) is 24.1 Å². The van der Waals surface area contributed by atoms with E-state index in [1.54, 1.807) is 30.3 Å². The van der Waals surface area contributed by atoms with Crippen LogP contribution >= 0.6 is 0 Å². The smallest absolute Gasteiger partial charge is 0.318 e. The van der Waals surface area contributed by atoms with E-state index in [9.17, 15) is 34.3 Å². The zero-order valence-corrected chi connectivity index (χ0v) is 12.8. The van der Waals surface area contributed by atoms with Crippen LogP contribution in [0.1, 0.15) is 17.0 Å². The van der Waals surface area contributed by atoms with Gasteiger partial charge < -0.3 is 10.2 Å². The normalized spacial score (nSPS) is 11.9. The van der Waals surface area contributed by atoms with Crippen molar-refractivity contribution >= 4 is 17.6 Å². The molecule has 0 radical (unpaired) electrons. The van der Waals surface area contributed by atoms with Gasteiger partial charge in [-0.1, -0.05) is 30.3 Å². The number of nitro groups is 1. The zero-order valence-electron chi connectivity index (χ0n) is 12.8. The van der Waals surface area contributed by atoms with Crippen molar-refractivity contribution in [2.75, 3.05) is 0 Å². The molecule has 0 saturated heterocycles. The Morgan fingerprint density at radius 3 is 2.20 bits per heavy atom. The van der Waals surface area contributed by atoms with Gasteiger partial charge in [0.15, 0.2) is 5.92 Å². The van der Waals surface area contributed by atoms with E-state index in [0.29, 0.717) is 5.56 Å². The predicted octanol–water partition coefficient (Wildman–Crippen LogP) is 2.85. The summed E-state index contributed by atoms with van der Waals surface area (Å²) in [7, 11) is 0. The van der Waals surface area contributed by atoms with Gasteiger partial charge in [-0.25, -0.2) is 4.39 Å². The number of carboxylic acids is 2. The number of nitro benzene ring substituents is 1. The maximum atomic E-state index is 13.3. The van der Waals surface area contributed by atoms with Crippen LogP contribution in [0.2, 0.25) is 0 Å². The van der Waals surface area contributed by atoms with Crippen LogP contribution in [-0.2, 0) is 16.0 Å². The van der Waals surface area contributed by atoms with Crippen molar-refractivity contribution in [3.63, 3.8) is 0 Å². The fourth-order valence-corrected chi connectivity index (χ4v) is 2.69. The Labute approximate surface area is 141 Å². The Bertz CT molecular complexity index is 794. The number of nitrogens with zero attached hydrogens (tertiary/aromatic N) is 1. The Kier molecular flexibility index (Phi) is 5.43. The van der Waals surface area contributed by atoms with Crippen molar-refractivity contribution in [2.45, 2.75) is 12.3 Å². The number of hydrogen-bond donors (Lipinski definition) is 2. The zero-order chi connectivity index (χ0) is 18.6. The third-order valence-electron chi connectivity index (χ3n) is 3.85. The lowest BCUT2D eigenvalue weighted by Gasteiger charge is -2.21. The maximum Gasteiger partial charge on any atom is 0.318 e. The third kappa shape index (κ3) is 4.17. The summed E-state index contributed by atoms with van der Waals surface area (Å²) in [6, 6.07) is 10.9. The molecule has 0 aliphatic carbocycles. The van der Waals surface area contributed by atoms with Crippen LogP contribution in [0.3, 0.4) is 0 Å². The minimum absolute atomic E-state index is 0.0627. The molecule has 0 saturated carbocycles. The van der Waals surface area contributed by atoms with Crippen molar-refractivity contribution in [2.24, 2.45) is 5.92 Å². The topological polar surface area (TPSA) is 118 Å². The average molecular weight is 347 g/mol. The number of halogens is 1. The molecule has 0 aromatic heterocycles. The van der Waals surface area contributed by atoms with E-state index in [4.69, 9.17) is 0 Å². The van der Waals surface area contributed by atoms with Gasteiger partial charge in [0.05, 0.1) is 11.0 Å². The van der Waals surface area contributed by atoms with Crippen molar-refractivity contribution in [1.82, 2.24) is 0 Å². The first-order chi connectivity index (χ1) is 11.8. The van der Waals surface area contributed by atoms with E-state index in [0.717, 1.165) is 12.1 Å². The summed E-state index contributed by atoms with van der Waals surface area (Å²) in [5, 5.41) is 29.7. The quantitative estimate of drug-likeness (QED) is 0.452. The number of carboxylic acid groups (broad SMARTS) is 2. The molecule has 0 fully saturated rings. The van der Waals surface area contributed by atoms with Crippen molar-refractivity contribution in [3.05, 3.63) is 75.6 Å². The molecular formula is C17H14FNO6. The van der Waals surface area contributed by atoms with Crippen LogP contribution in [0, 0.1) is 21.8 Å². The van der Waals surface area contributed by atoms with Gasteiger partial charge in [-0.2, -0.15) is 0 Å².